The maximum Gasteiger partial charge on any atom is 0.243 e. The summed E-state index contributed by atoms with van der Waals surface area (Å²) < 4.78 is 3.50. The van der Waals surface area contributed by atoms with Gasteiger partial charge < -0.3 is 5.32 Å². The fourth-order valence-corrected chi connectivity index (χ4v) is 3.24. The number of nitrogens with one attached hydrogen (secondary N) is 1. The number of nitrogens with zero attached hydrogens (tertiary/aromatic N) is 3. The van der Waals surface area contributed by atoms with Gasteiger partial charge in [0.15, 0.2) is 5.65 Å². The van der Waals surface area contributed by atoms with Crippen molar-refractivity contribution in [1.82, 2.24) is 14.6 Å². The van der Waals surface area contributed by atoms with Gasteiger partial charge in [-0.05, 0) is 46.6 Å². The molecule has 7 heteroatoms. The van der Waals surface area contributed by atoms with E-state index in [9.17, 15) is 0 Å². The summed E-state index contributed by atoms with van der Waals surface area (Å²) in [4.78, 5) is 5.67. The molecule has 0 aromatic carbocycles. The highest BCUT2D eigenvalue weighted by molar-refractivity contribution is 9.10. The largest absolute Gasteiger partial charge is 0.353 e. The third-order valence-corrected chi connectivity index (χ3v) is 4.51. The SMILES string of the molecule is Clc1ccc(CCNc2nc3c(Br)cccn3n2)s1. The predicted molar refractivity (Wildman–Crippen MR) is 82.2 cm³/mol. The van der Waals surface area contributed by atoms with Crippen molar-refractivity contribution in [3.05, 3.63) is 44.1 Å². The first-order valence-corrected chi connectivity index (χ1v) is 7.70. The van der Waals surface area contributed by atoms with Crippen molar-refractivity contribution in [2.75, 3.05) is 11.9 Å². The minimum Gasteiger partial charge on any atom is -0.353 e. The molecule has 0 saturated carbocycles. The summed E-state index contributed by atoms with van der Waals surface area (Å²) in [6, 6.07) is 7.83. The Labute approximate surface area is 127 Å². The number of rotatable bonds is 4. The van der Waals surface area contributed by atoms with Gasteiger partial charge in [-0.3, -0.25) is 0 Å². The second-order valence-corrected chi connectivity index (χ2v) is 6.60. The Kier molecular flexibility index (Phi) is 3.72. The van der Waals surface area contributed by atoms with Gasteiger partial charge in [-0.2, -0.15) is 4.98 Å². The monoisotopic (exact) mass is 356 g/mol. The number of pyridine rings is 1. The first kappa shape index (κ1) is 12.9. The highest BCUT2D eigenvalue weighted by Crippen LogP contribution is 2.22. The summed E-state index contributed by atoms with van der Waals surface area (Å²) in [7, 11) is 0. The van der Waals surface area contributed by atoms with Crippen LogP contribution in [-0.4, -0.2) is 21.1 Å². The van der Waals surface area contributed by atoms with Gasteiger partial charge in [-0.15, -0.1) is 16.4 Å². The third-order valence-electron chi connectivity index (χ3n) is 2.60. The van der Waals surface area contributed by atoms with E-state index >= 15 is 0 Å². The molecule has 1 N–H and O–H groups in total. The molecule has 3 aromatic heterocycles. The average Bonchev–Trinajstić information content (AvgIpc) is 2.97. The Morgan fingerprint density at radius 3 is 3.00 bits per heavy atom. The number of aromatic nitrogens is 3. The second kappa shape index (κ2) is 5.48. The van der Waals surface area contributed by atoms with Crippen LogP contribution in [-0.2, 0) is 6.42 Å². The molecule has 98 valence electrons. The Balaban J connectivity index is 1.67. The fourth-order valence-electron chi connectivity index (χ4n) is 1.73. The Morgan fingerprint density at radius 1 is 1.37 bits per heavy atom. The maximum atomic E-state index is 5.89. The molecular weight excluding hydrogens is 348 g/mol. The van der Waals surface area contributed by atoms with E-state index in [4.69, 9.17) is 11.6 Å². The number of fused-ring (bicyclic) bond motifs is 1. The molecule has 0 atom stereocenters. The molecule has 3 aromatic rings. The highest BCUT2D eigenvalue weighted by Gasteiger charge is 2.05. The van der Waals surface area contributed by atoms with Crippen LogP contribution in [0, 0.1) is 0 Å². The molecule has 0 aliphatic carbocycles. The lowest BCUT2D eigenvalue weighted by Gasteiger charge is -1.98. The molecule has 0 aliphatic heterocycles. The smallest absolute Gasteiger partial charge is 0.243 e. The van der Waals surface area contributed by atoms with Gasteiger partial charge in [0.1, 0.15) is 0 Å². The average molecular weight is 358 g/mol. The van der Waals surface area contributed by atoms with Crippen LogP contribution < -0.4 is 5.32 Å². The van der Waals surface area contributed by atoms with E-state index in [-0.39, 0.29) is 0 Å². The van der Waals surface area contributed by atoms with E-state index in [2.05, 4.69) is 31.3 Å². The van der Waals surface area contributed by atoms with Crippen molar-refractivity contribution in [1.29, 1.82) is 0 Å². The number of halogens is 2. The zero-order chi connectivity index (χ0) is 13.2. The molecule has 0 fully saturated rings. The van der Waals surface area contributed by atoms with Crippen molar-refractivity contribution in [3.63, 3.8) is 0 Å². The number of anilines is 1. The normalized spacial score (nSPS) is 11.1. The lowest BCUT2D eigenvalue weighted by atomic mass is 10.3. The van der Waals surface area contributed by atoms with E-state index < -0.39 is 0 Å². The van der Waals surface area contributed by atoms with Crippen molar-refractivity contribution in [2.45, 2.75) is 6.42 Å². The lowest BCUT2D eigenvalue weighted by Crippen LogP contribution is -2.05. The molecule has 3 heterocycles. The summed E-state index contributed by atoms with van der Waals surface area (Å²) in [6.45, 7) is 0.783. The minimum atomic E-state index is 0.634. The zero-order valence-corrected chi connectivity index (χ0v) is 13.0. The molecule has 3 rings (SSSR count). The van der Waals surface area contributed by atoms with Gasteiger partial charge >= 0.3 is 0 Å². The molecule has 19 heavy (non-hydrogen) atoms. The van der Waals surface area contributed by atoms with Gasteiger partial charge in [-0.25, -0.2) is 4.52 Å². The number of hydrogen-bond acceptors (Lipinski definition) is 4. The summed E-state index contributed by atoms with van der Waals surface area (Å²) >= 11 is 10.9. The van der Waals surface area contributed by atoms with Gasteiger partial charge in [0, 0.05) is 17.6 Å². The van der Waals surface area contributed by atoms with Crippen molar-refractivity contribution < 1.29 is 0 Å². The van der Waals surface area contributed by atoms with Crippen LogP contribution >= 0.6 is 38.9 Å². The Morgan fingerprint density at radius 2 is 2.26 bits per heavy atom. The fraction of sp³-hybridized carbons (Fsp3) is 0.167. The van der Waals surface area contributed by atoms with E-state index in [1.807, 2.05) is 30.5 Å². The van der Waals surface area contributed by atoms with Gasteiger partial charge in [0.2, 0.25) is 5.95 Å². The molecular formula is C12H10BrClN4S. The van der Waals surface area contributed by atoms with Crippen molar-refractivity contribution >= 4 is 50.5 Å². The van der Waals surface area contributed by atoms with E-state index in [0.29, 0.717) is 5.95 Å². The second-order valence-electron chi connectivity index (χ2n) is 3.94. The molecule has 0 spiro atoms. The van der Waals surface area contributed by atoms with Gasteiger partial charge in [0.05, 0.1) is 8.81 Å². The molecule has 0 amide bonds. The molecule has 0 aliphatic rings. The van der Waals surface area contributed by atoms with Crippen LogP contribution in [0.3, 0.4) is 0 Å². The van der Waals surface area contributed by atoms with E-state index in [1.54, 1.807) is 15.9 Å². The van der Waals surface area contributed by atoms with Crippen molar-refractivity contribution in [3.8, 4) is 0 Å². The van der Waals surface area contributed by atoms with Crippen molar-refractivity contribution in [2.24, 2.45) is 0 Å². The molecule has 4 nitrogen and oxygen atoms in total. The first-order chi connectivity index (χ1) is 9.22. The van der Waals surface area contributed by atoms with E-state index in [1.165, 1.54) is 4.88 Å². The van der Waals surface area contributed by atoms with Crippen LogP contribution in [0.2, 0.25) is 4.34 Å². The summed E-state index contributed by atoms with van der Waals surface area (Å²) in [5.74, 6) is 0.634. The first-order valence-electron chi connectivity index (χ1n) is 5.71. The Bertz CT molecular complexity index is 709. The van der Waals surface area contributed by atoms with Crippen LogP contribution in [0.5, 0.6) is 0 Å². The third kappa shape index (κ3) is 2.91. The maximum absolute atomic E-state index is 5.89. The Hall–Kier alpha value is -1.11. The number of thiophene rings is 1. The number of hydrogen-bond donors (Lipinski definition) is 1. The van der Waals surface area contributed by atoms with Crippen LogP contribution in [0.15, 0.2) is 34.9 Å². The quantitative estimate of drug-likeness (QED) is 0.771. The topological polar surface area (TPSA) is 42.2 Å². The zero-order valence-electron chi connectivity index (χ0n) is 9.81. The highest BCUT2D eigenvalue weighted by atomic mass is 79.9. The summed E-state index contributed by atoms with van der Waals surface area (Å²) in [5.41, 5.74) is 0.809. The summed E-state index contributed by atoms with van der Waals surface area (Å²) in [6.07, 6.45) is 2.78. The molecule has 0 unspecified atom stereocenters. The van der Waals surface area contributed by atoms with Gasteiger partial charge in [-0.1, -0.05) is 11.6 Å². The minimum absolute atomic E-state index is 0.634. The van der Waals surface area contributed by atoms with E-state index in [0.717, 1.165) is 27.4 Å². The van der Waals surface area contributed by atoms with Crippen LogP contribution in [0.1, 0.15) is 4.88 Å². The lowest BCUT2D eigenvalue weighted by molar-refractivity contribution is 0.940. The predicted octanol–water partition coefficient (Wildman–Crippen LogP) is 3.86. The standard InChI is InChI=1S/C12H10BrClN4S/c13-9-2-1-7-18-11(9)16-12(17-18)15-6-5-8-3-4-10(14)19-8/h1-4,7H,5-6H2,(H,15,17). The molecule has 0 saturated heterocycles. The molecule has 0 radical (unpaired) electrons. The molecule has 0 bridgehead atoms. The van der Waals surface area contributed by atoms with Gasteiger partial charge in [0.25, 0.3) is 0 Å². The van der Waals surface area contributed by atoms with Crippen LogP contribution in [0.4, 0.5) is 5.95 Å². The summed E-state index contributed by atoms with van der Waals surface area (Å²) in [5, 5.41) is 7.57. The van der Waals surface area contributed by atoms with Crippen LogP contribution in [0.25, 0.3) is 5.65 Å².